The van der Waals surface area contributed by atoms with Crippen molar-refractivity contribution < 1.29 is 14.3 Å². The maximum absolute atomic E-state index is 12.7. The quantitative estimate of drug-likeness (QED) is 0.583. The molecule has 0 radical (unpaired) electrons. The lowest BCUT2D eigenvalue weighted by Gasteiger charge is -2.31. The van der Waals surface area contributed by atoms with Gasteiger partial charge in [-0.15, -0.1) is 0 Å². The fourth-order valence-corrected chi connectivity index (χ4v) is 3.94. The Labute approximate surface area is 121 Å². The van der Waals surface area contributed by atoms with Crippen molar-refractivity contribution in [2.24, 2.45) is 22.7 Å². The average molecular weight is 278 g/mol. The van der Waals surface area contributed by atoms with Gasteiger partial charge in [-0.1, -0.05) is 33.8 Å². The molecule has 20 heavy (non-hydrogen) atoms. The summed E-state index contributed by atoms with van der Waals surface area (Å²) in [6.07, 6.45) is 4.61. The molecular weight excluding hydrogens is 252 g/mol. The van der Waals surface area contributed by atoms with Crippen LogP contribution in [-0.2, 0) is 14.3 Å². The summed E-state index contributed by atoms with van der Waals surface area (Å²) in [5.41, 5.74) is 0.628. The zero-order chi connectivity index (χ0) is 15.1. The van der Waals surface area contributed by atoms with Gasteiger partial charge in [-0.25, -0.2) is 0 Å². The van der Waals surface area contributed by atoms with Gasteiger partial charge in [-0.3, -0.25) is 9.59 Å². The third-order valence-corrected chi connectivity index (χ3v) is 5.77. The predicted molar refractivity (Wildman–Crippen MR) is 78.1 cm³/mol. The van der Waals surface area contributed by atoms with Crippen LogP contribution in [0.25, 0.3) is 0 Å². The molecule has 2 aliphatic rings. The molecule has 2 fully saturated rings. The van der Waals surface area contributed by atoms with Gasteiger partial charge >= 0.3 is 5.97 Å². The summed E-state index contributed by atoms with van der Waals surface area (Å²) in [6.45, 7) is 10.6. The largest absolute Gasteiger partial charge is 0.466 e. The first kappa shape index (κ1) is 15.3. The molecule has 0 spiro atoms. The molecule has 2 aliphatic carbocycles. The van der Waals surface area contributed by atoms with Crippen molar-refractivity contribution in [3.63, 3.8) is 0 Å². The molecule has 0 aliphatic heterocycles. The maximum atomic E-state index is 12.7. The highest BCUT2D eigenvalue weighted by molar-refractivity contribution is 6.05. The van der Waals surface area contributed by atoms with E-state index in [1.807, 2.05) is 19.9 Å². The smallest absolute Gasteiger partial charge is 0.312 e. The Hall–Kier alpha value is -1.12. The van der Waals surface area contributed by atoms with Gasteiger partial charge in [0.2, 0.25) is 0 Å². The van der Waals surface area contributed by atoms with Gasteiger partial charge in [0, 0.05) is 5.41 Å². The number of hydrogen-bond donors (Lipinski definition) is 0. The third kappa shape index (κ3) is 1.94. The number of Topliss-reactive ketones (excluding diaryl/α,β-unsaturated/α-hetero) is 1. The average Bonchev–Trinajstić information content (AvgIpc) is 2.69. The Balaban J connectivity index is 2.32. The molecular formula is C17H26O3. The number of esters is 1. The van der Waals surface area contributed by atoms with Crippen LogP contribution in [-0.4, -0.2) is 18.4 Å². The number of carbonyl (C=O) groups is 2. The second-order valence-electron chi connectivity index (χ2n) is 6.86. The van der Waals surface area contributed by atoms with Crippen molar-refractivity contribution in [1.29, 1.82) is 0 Å². The lowest BCUT2D eigenvalue weighted by Crippen LogP contribution is -2.32. The molecule has 0 saturated heterocycles. The Morgan fingerprint density at radius 3 is 2.50 bits per heavy atom. The number of ketones is 1. The highest BCUT2D eigenvalue weighted by Gasteiger charge is 2.63. The van der Waals surface area contributed by atoms with Crippen LogP contribution in [0, 0.1) is 22.7 Å². The summed E-state index contributed by atoms with van der Waals surface area (Å²) in [5.74, 6) is 0.0543. The van der Waals surface area contributed by atoms with E-state index >= 15 is 0 Å². The lowest BCUT2D eigenvalue weighted by molar-refractivity contribution is -0.146. The normalized spacial score (nSPS) is 34.5. The molecule has 3 atom stereocenters. The fraction of sp³-hybridized carbons (Fsp3) is 0.765. The monoisotopic (exact) mass is 278 g/mol. The zero-order valence-electron chi connectivity index (χ0n) is 13.3. The van der Waals surface area contributed by atoms with E-state index in [9.17, 15) is 9.59 Å². The zero-order valence-corrected chi connectivity index (χ0v) is 13.3. The van der Waals surface area contributed by atoms with E-state index in [1.54, 1.807) is 0 Å². The molecule has 0 N–H and O–H groups in total. The second-order valence-corrected chi connectivity index (χ2v) is 6.86. The minimum Gasteiger partial charge on any atom is -0.466 e. The van der Waals surface area contributed by atoms with Crippen LogP contribution in [0.4, 0.5) is 0 Å². The van der Waals surface area contributed by atoms with Crippen LogP contribution in [0.5, 0.6) is 0 Å². The molecule has 0 unspecified atom stereocenters. The van der Waals surface area contributed by atoms with Crippen molar-refractivity contribution in [3.05, 3.63) is 11.6 Å². The summed E-state index contributed by atoms with van der Waals surface area (Å²) in [6, 6.07) is 0. The highest BCUT2D eigenvalue weighted by Crippen LogP contribution is 2.65. The molecule has 2 bridgehead atoms. The first-order valence-corrected chi connectivity index (χ1v) is 7.72. The van der Waals surface area contributed by atoms with Crippen LogP contribution in [0.2, 0.25) is 0 Å². The van der Waals surface area contributed by atoms with Crippen molar-refractivity contribution in [3.8, 4) is 0 Å². The van der Waals surface area contributed by atoms with E-state index in [2.05, 4.69) is 20.8 Å². The van der Waals surface area contributed by atoms with Gasteiger partial charge in [0.1, 0.15) is 0 Å². The van der Waals surface area contributed by atoms with Gasteiger partial charge < -0.3 is 4.74 Å². The van der Waals surface area contributed by atoms with Gasteiger partial charge in [-0.05, 0) is 43.1 Å². The predicted octanol–water partition coefficient (Wildman–Crippen LogP) is 3.53. The highest BCUT2D eigenvalue weighted by atomic mass is 16.5. The SMILES string of the molecule is CCOC(=O)[C@@H](/C=C1\C(=O)[C@]2(C)CC[C@@H]1C2(C)C)CC. The van der Waals surface area contributed by atoms with Crippen LogP contribution in [0.15, 0.2) is 11.6 Å². The molecule has 0 aromatic heterocycles. The lowest BCUT2D eigenvalue weighted by atomic mass is 9.70. The summed E-state index contributed by atoms with van der Waals surface area (Å²) in [5, 5.41) is 0. The Kier molecular flexibility index (Phi) is 3.83. The first-order valence-electron chi connectivity index (χ1n) is 7.72. The van der Waals surface area contributed by atoms with Gasteiger partial charge in [0.05, 0.1) is 12.5 Å². The van der Waals surface area contributed by atoms with Crippen molar-refractivity contribution in [2.45, 2.75) is 53.9 Å². The standard InChI is InChI=1S/C17H26O3/c1-6-11(15(19)20-7-2)10-12-13-8-9-17(5,14(12)18)16(13,3)4/h10-11,13H,6-9H2,1-5H3/b12-10-/t11-,13+,17+/m1/s1. The van der Waals surface area contributed by atoms with E-state index in [-0.39, 0.29) is 28.5 Å². The second kappa shape index (κ2) is 5.01. The first-order chi connectivity index (χ1) is 9.29. The maximum Gasteiger partial charge on any atom is 0.312 e. The molecule has 0 aromatic rings. The molecule has 3 nitrogen and oxygen atoms in total. The molecule has 2 rings (SSSR count). The summed E-state index contributed by atoms with van der Waals surface area (Å²) >= 11 is 0. The van der Waals surface area contributed by atoms with Crippen LogP contribution in [0.3, 0.4) is 0 Å². The third-order valence-electron chi connectivity index (χ3n) is 5.77. The number of hydrogen-bond acceptors (Lipinski definition) is 3. The topological polar surface area (TPSA) is 43.4 Å². The summed E-state index contributed by atoms with van der Waals surface area (Å²) < 4.78 is 5.10. The summed E-state index contributed by atoms with van der Waals surface area (Å²) in [4.78, 5) is 24.7. The van der Waals surface area contributed by atoms with Crippen LogP contribution in [0.1, 0.15) is 53.9 Å². The molecule has 0 aromatic carbocycles. The molecule has 3 heteroatoms. The van der Waals surface area contributed by atoms with Crippen molar-refractivity contribution >= 4 is 11.8 Å². The Morgan fingerprint density at radius 1 is 1.40 bits per heavy atom. The molecule has 2 saturated carbocycles. The number of carbonyl (C=O) groups excluding carboxylic acids is 2. The van der Waals surface area contributed by atoms with Gasteiger partial charge in [0.15, 0.2) is 5.78 Å². The van der Waals surface area contributed by atoms with E-state index in [1.165, 1.54) is 0 Å². The van der Waals surface area contributed by atoms with Crippen LogP contribution < -0.4 is 0 Å². The minimum absolute atomic E-state index is 0.00285. The van der Waals surface area contributed by atoms with E-state index in [0.717, 1.165) is 18.4 Å². The minimum atomic E-state index is -0.285. The number of fused-ring (bicyclic) bond motifs is 2. The molecule has 112 valence electrons. The van der Waals surface area contributed by atoms with Gasteiger partial charge in [0.25, 0.3) is 0 Å². The molecule has 0 heterocycles. The Bertz CT molecular complexity index is 461. The number of rotatable bonds is 4. The van der Waals surface area contributed by atoms with Crippen molar-refractivity contribution in [1.82, 2.24) is 0 Å². The number of allylic oxidation sites excluding steroid dienone is 1. The van der Waals surface area contributed by atoms with E-state index < -0.39 is 0 Å². The number of ether oxygens (including phenoxy) is 1. The van der Waals surface area contributed by atoms with Gasteiger partial charge in [-0.2, -0.15) is 0 Å². The molecule has 0 amide bonds. The summed E-state index contributed by atoms with van der Waals surface area (Å²) in [7, 11) is 0. The van der Waals surface area contributed by atoms with Crippen LogP contribution >= 0.6 is 0 Å². The van der Waals surface area contributed by atoms with Crippen molar-refractivity contribution in [2.75, 3.05) is 6.61 Å². The Morgan fingerprint density at radius 2 is 2.05 bits per heavy atom. The fourth-order valence-electron chi connectivity index (χ4n) is 3.94. The van der Waals surface area contributed by atoms with E-state index in [0.29, 0.717) is 18.9 Å². The van der Waals surface area contributed by atoms with E-state index in [4.69, 9.17) is 4.74 Å².